The van der Waals surface area contributed by atoms with Crippen LogP contribution in [-0.4, -0.2) is 17.5 Å². The van der Waals surface area contributed by atoms with Gasteiger partial charge in [-0.15, -0.1) is 0 Å². The van der Waals surface area contributed by atoms with Gasteiger partial charge in [0, 0.05) is 5.41 Å². The second kappa shape index (κ2) is 6.73. The maximum absolute atomic E-state index is 12.6. The van der Waals surface area contributed by atoms with Crippen molar-refractivity contribution in [1.29, 1.82) is 0 Å². The van der Waals surface area contributed by atoms with Crippen molar-refractivity contribution in [1.82, 2.24) is 0 Å². The molecule has 2 heteroatoms. The van der Waals surface area contributed by atoms with Crippen LogP contribution in [-0.2, 0) is 4.79 Å². The topological polar surface area (TPSA) is 37.3 Å². The van der Waals surface area contributed by atoms with Gasteiger partial charge in [-0.05, 0) is 109 Å². The van der Waals surface area contributed by atoms with Crippen molar-refractivity contribution in [3.05, 3.63) is 11.6 Å². The first kappa shape index (κ1) is 23.1. The summed E-state index contributed by atoms with van der Waals surface area (Å²) in [5, 5.41) is 10.9. The van der Waals surface area contributed by atoms with Crippen molar-refractivity contribution in [2.45, 2.75) is 119 Å². The molecule has 180 valence electrons. The maximum Gasteiger partial charge on any atom is 0.126 e. The number of rotatable bonds is 1. The first-order valence-corrected chi connectivity index (χ1v) is 13.6. The number of carbonyl (C=O) groups excluding carboxylic acids is 1. The lowest BCUT2D eigenvalue weighted by Crippen LogP contribution is -2.64. The molecule has 0 saturated heterocycles. The zero-order chi connectivity index (χ0) is 23.4. The number of hydrogen-bond donors (Lipinski definition) is 1. The molecule has 0 aromatic rings. The van der Waals surface area contributed by atoms with Gasteiger partial charge in [0.15, 0.2) is 0 Å². The molecule has 0 aromatic carbocycles. The van der Waals surface area contributed by atoms with Gasteiger partial charge in [0.2, 0.25) is 0 Å². The molecule has 5 aliphatic rings. The van der Waals surface area contributed by atoms with Crippen molar-refractivity contribution in [3.8, 4) is 0 Å². The van der Waals surface area contributed by atoms with Crippen LogP contribution in [0.2, 0.25) is 0 Å². The fourth-order valence-corrected chi connectivity index (χ4v) is 10.5. The van der Waals surface area contributed by atoms with E-state index in [4.69, 9.17) is 0 Å². The second-order valence-electron chi connectivity index (χ2n) is 14.9. The van der Waals surface area contributed by atoms with Crippen molar-refractivity contribution in [3.63, 3.8) is 0 Å². The zero-order valence-corrected chi connectivity index (χ0v) is 21.9. The highest BCUT2D eigenvalue weighted by atomic mass is 16.3. The minimum absolute atomic E-state index is 0.00581. The molecule has 0 spiro atoms. The summed E-state index contributed by atoms with van der Waals surface area (Å²) in [5.41, 5.74) is 2.69. The molecule has 32 heavy (non-hydrogen) atoms. The molecular formula is C30H48O2. The van der Waals surface area contributed by atoms with Crippen LogP contribution in [0.4, 0.5) is 0 Å². The SMILES string of the molecule is CC1(C)CC[C@@]2(C=O)CC[C@]3(C)C(=CC[C@@H]4[C@@]5(C)CC[C@@H](O)C(C)(C)[C@@H]5CC[C@]43C)[C@H]2C1. The number of aliphatic hydroxyl groups excluding tert-OH is 1. The number of aldehydes is 1. The van der Waals surface area contributed by atoms with E-state index in [-0.39, 0.29) is 27.8 Å². The Bertz CT molecular complexity index is 838. The van der Waals surface area contributed by atoms with E-state index in [1.54, 1.807) is 5.57 Å². The highest BCUT2D eigenvalue weighted by Gasteiger charge is 2.68. The van der Waals surface area contributed by atoms with Crippen LogP contribution in [0.3, 0.4) is 0 Å². The Kier molecular flexibility index (Phi) is 4.87. The van der Waals surface area contributed by atoms with Gasteiger partial charge in [-0.25, -0.2) is 0 Å². The molecular weight excluding hydrogens is 392 g/mol. The van der Waals surface area contributed by atoms with E-state index < -0.39 is 0 Å². The molecule has 0 aliphatic heterocycles. The van der Waals surface area contributed by atoms with Crippen LogP contribution < -0.4 is 0 Å². The standard InChI is InChI=1S/C30H48O2/c1-25(2)14-16-30(19-31)17-15-28(6)20(21(30)18-25)8-9-23-27(5)12-11-24(32)26(3,4)22(27)10-13-29(23,28)7/h8,19,21-24,32H,9-18H2,1-7H3/t21-,22+,23-,24-,27+,28-,29-,30+/m1/s1. The molecule has 0 bridgehead atoms. The fraction of sp³-hybridized carbons (Fsp3) is 0.900. The quantitative estimate of drug-likeness (QED) is 0.342. The molecule has 5 rings (SSSR count). The number of hydrogen-bond acceptors (Lipinski definition) is 2. The fourth-order valence-electron chi connectivity index (χ4n) is 10.5. The van der Waals surface area contributed by atoms with Gasteiger partial charge in [-0.3, -0.25) is 0 Å². The van der Waals surface area contributed by atoms with E-state index >= 15 is 0 Å². The maximum atomic E-state index is 12.6. The number of fused-ring (bicyclic) bond motifs is 7. The van der Waals surface area contributed by atoms with Crippen molar-refractivity contribution in [2.24, 2.45) is 50.2 Å². The average Bonchev–Trinajstić information content (AvgIpc) is 2.71. The van der Waals surface area contributed by atoms with E-state index in [1.165, 1.54) is 44.8 Å². The zero-order valence-electron chi connectivity index (χ0n) is 21.9. The van der Waals surface area contributed by atoms with Crippen molar-refractivity contribution >= 4 is 6.29 Å². The smallest absolute Gasteiger partial charge is 0.126 e. The van der Waals surface area contributed by atoms with E-state index in [9.17, 15) is 9.90 Å². The number of aliphatic hydroxyl groups is 1. The van der Waals surface area contributed by atoms with Gasteiger partial charge < -0.3 is 9.90 Å². The van der Waals surface area contributed by atoms with Gasteiger partial charge >= 0.3 is 0 Å². The predicted molar refractivity (Wildman–Crippen MR) is 131 cm³/mol. The third-order valence-electron chi connectivity index (χ3n) is 12.9. The van der Waals surface area contributed by atoms with Crippen LogP contribution >= 0.6 is 0 Å². The molecule has 4 saturated carbocycles. The lowest BCUT2D eigenvalue weighted by Gasteiger charge is -2.71. The highest BCUT2D eigenvalue weighted by molar-refractivity contribution is 5.63. The summed E-state index contributed by atoms with van der Waals surface area (Å²) < 4.78 is 0. The molecule has 5 aliphatic carbocycles. The van der Waals surface area contributed by atoms with Crippen LogP contribution in [0.1, 0.15) is 113 Å². The Morgan fingerprint density at radius 1 is 0.875 bits per heavy atom. The Morgan fingerprint density at radius 2 is 1.56 bits per heavy atom. The third kappa shape index (κ3) is 2.71. The summed E-state index contributed by atoms with van der Waals surface area (Å²) in [4.78, 5) is 12.6. The molecule has 0 unspecified atom stereocenters. The van der Waals surface area contributed by atoms with Crippen LogP contribution in [0.5, 0.6) is 0 Å². The molecule has 0 radical (unpaired) electrons. The largest absolute Gasteiger partial charge is 0.393 e. The lowest BCUT2D eigenvalue weighted by atomic mass is 9.33. The first-order valence-electron chi connectivity index (χ1n) is 13.6. The van der Waals surface area contributed by atoms with Crippen LogP contribution in [0.15, 0.2) is 11.6 Å². The molecule has 0 aromatic heterocycles. The Morgan fingerprint density at radius 3 is 2.25 bits per heavy atom. The van der Waals surface area contributed by atoms with Crippen molar-refractivity contribution in [2.75, 3.05) is 0 Å². The number of carbonyl (C=O) groups is 1. The lowest BCUT2D eigenvalue weighted by molar-refractivity contribution is -0.202. The Labute approximate surface area is 197 Å². The third-order valence-corrected chi connectivity index (χ3v) is 12.9. The van der Waals surface area contributed by atoms with Crippen LogP contribution in [0, 0.1) is 50.2 Å². The number of allylic oxidation sites excluding steroid dienone is 2. The minimum Gasteiger partial charge on any atom is -0.393 e. The molecule has 2 nitrogen and oxygen atoms in total. The minimum atomic E-state index is -0.164. The second-order valence-corrected chi connectivity index (χ2v) is 14.9. The van der Waals surface area contributed by atoms with Gasteiger partial charge in [-0.1, -0.05) is 60.1 Å². The summed E-state index contributed by atoms with van der Waals surface area (Å²) in [5.74, 6) is 1.71. The van der Waals surface area contributed by atoms with E-state index in [0.717, 1.165) is 25.7 Å². The predicted octanol–water partition coefficient (Wildman–Crippen LogP) is 7.35. The van der Waals surface area contributed by atoms with Gasteiger partial charge in [0.25, 0.3) is 0 Å². The summed E-state index contributed by atoms with van der Waals surface area (Å²) in [6, 6.07) is 0. The van der Waals surface area contributed by atoms with E-state index in [2.05, 4.69) is 54.5 Å². The Hall–Kier alpha value is -0.630. The monoisotopic (exact) mass is 440 g/mol. The van der Waals surface area contributed by atoms with E-state index in [0.29, 0.717) is 28.6 Å². The summed E-state index contributed by atoms with van der Waals surface area (Å²) in [6.07, 6.45) is 15.4. The normalized spacial score (nSPS) is 53.7. The van der Waals surface area contributed by atoms with Gasteiger partial charge in [0.05, 0.1) is 6.10 Å². The molecule has 4 fully saturated rings. The molecule has 0 heterocycles. The van der Waals surface area contributed by atoms with Crippen LogP contribution in [0.25, 0.3) is 0 Å². The average molecular weight is 441 g/mol. The molecule has 0 amide bonds. The highest BCUT2D eigenvalue weighted by Crippen LogP contribution is 2.75. The Balaban J connectivity index is 1.59. The van der Waals surface area contributed by atoms with Gasteiger partial charge in [-0.2, -0.15) is 0 Å². The summed E-state index contributed by atoms with van der Waals surface area (Å²) >= 11 is 0. The first-order chi connectivity index (χ1) is 14.8. The van der Waals surface area contributed by atoms with Crippen molar-refractivity contribution < 1.29 is 9.90 Å². The summed E-state index contributed by atoms with van der Waals surface area (Å²) in [6.45, 7) is 17.3. The molecule has 8 atom stereocenters. The van der Waals surface area contributed by atoms with E-state index in [1.807, 2.05) is 0 Å². The molecule has 1 N–H and O–H groups in total. The van der Waals surface area contributed by atoms with Gasteiger partial charge in [0.1, 0.15) is 6.29 Å². The summed E-state index contributed by atoms with van der Waals surface area (Å²) in [7, 11) is 0.